The van der Waals surface area contributed by atoms with E-state index in [-0.39, 0.29) is 4.90 Å². The molecule has 0 saturated carbocycles. The van der Waals surface area contributed by atoms with E-state index in [1.165, 1.54) is 0 Å². The predicted molar refractivity (Wildman–Crippen MR) is 60.3 cm³/mol. The smallest absolute Gasteiger partial charge is 0.344 e. The summed E-state index contributed by atoms with van der Waals surface area (Å²) in [4.78, 5) is 46.7. The van der Waals surface area contributed by atoms with E-state index < -0.39 is 45.8 Å². The number of rotatable bonds is 6. The Morgan fingerprint density at radius 3 is 1.72 bits per heavy atom. The standard InChI is InChI=1S/C6H16N2O8P2/c1-4(9)5(7)6(10)8(2-17(11,12)13)3-18(14,15)16/h4-5,9H,2-3,7H2,1H3,(H2,11,12,13)(H2,14,15,16)/t4-,5+/m1/s1. The maximum absolute atomic E-state index is 11.6. The summed E-state index contributed by atoms with van der Waals surface area (Å²) in [7, 11) is -9.41. The Morgan fingerprint density at radius 1 is 1.17 bits per heavy atom. The van der Waals surface area contributed by atoms with Gasteiger partial charge < -0.3 is 35.3 Å². The Labute approximate surface area is 103 Å². The summed E-state index contributed by atoms with van der Waals surface area (Å²) < 4.78 is 21.5. The molecule has 0 aliphatic carbocycles. The van der Waals surface area contributed by atoms with E-state index in [1.54, 1.807) is 0 Å². The molecule has 0 aromatic carbocycles. The molecule has 0 heterocycles. The van der Waals surface area contributed by atoms with Gasteiger partial charge in [-0.1, -0.05) is 0 Å². The molecule has 0 spiro atoms. The van der Waals surface area contributed by atoms with Crippen LogP contribution in [0.5, 0.6) is 0 Å². The number of nitrogens with zero attached hydrogens (tertiary/aromatic N) is 1. The van der Waals surface area contributed by atoms with Crippen molar-refractivity contribution >= 4 is 21.1 Å². The Morgan fingerprint density at radius 2 is 1.50 bits per heavy atom. The molecular weight excluding hydrogens is 290 g/mol. The zero-order valence-corrected chi connectivity index (χ0v) is 11.2. The first-order valence-electron chi connectivity index (χ1n) is 4.65. The molecule has 108 valence electrons. The van der Waals surface area contributed by atoms with E-state index in [0.717, 1.165) is 6.92 Å². The Bertz CT molecular complexity index is 363. The zero-order valence-electron chi connectivity index (χ0n) is 9.45. The summed E-state index contributed by atoms with van der Waals surface area (Å²) in [5, 5.41) is 9.08. The fourth-order valence-electron chi connectivity index (χ4n) is 1.05. The first kappa shape index (κ1) is 17.7. The van der Waals surface area contributed by atoms with E-state index in [2.05, 4.69) is 0 Å². The highest BCUT2D eigenvalue weighted by Gasteiger charge is 2.33. The number of amides is 1. The summed E-state index contributed by atoms with van der Waals surface area (Å²) in [5.41, 5.74) is 5.25. The lowest BCUT2D eigenvalue weighted by molar-refractivity contribution is -0.133. The molecule has 0 radical (unpaired) electrons. The molecule has 1 amide bonds. The number of carbonyl (C=O) groups is 1. The van der Waals surface area contributed by atoms with Crippen molar-refractivity contribution in [2.75, 3.05) is 12.6 Å². The van der Waals surface area contributed by atoms with Gasteiger partial charge in [-0.25, -0.2) is 0 Å². The maximum atomic E-state index is 11.6. The van der Waals surface area contributed by atoms with Crippen LogP contribution >= 0.6 is 15.2 Å². The fraction of sp³-hybridized carbons (Fsp3) is 0.833. The van der Waals surface area contributed by atoms with E-state index in [0.29, 0.717) is 0 Å². The lowest BCUT2D eigenvalue weighted by atomic mass is 10.2. The molecule has 0 aliphatic heterocycles. The third kappa shape index (κ3) is 7.20. The van der Waals surface area contributed by atoms with Crippen molar-refractivity contribution < 1.29 is 38.6 Å². The van der Waals surface area contributed by atoms with Crippen LogP contribution in [0.4, 0.5) is 0 Å². The van der Waals surface area contributed by atoms with Gasteiger partial charge in [-0.15, -0.1) is 0 Å². The maximum Gasteiger partial charge on any atom is 0.344 e. The highest BCUT2D eigenvalue weighted by atomic mass is 31.2. The molecule has 0 aromatic rings. The molecule has 0 aliphatic rings. The molecule has 0 bridgehead atoms. The average Bonchev–Trinajstić information content (AvgIpc) is 2.09. The largest absolute Gasteiger partial charge is 0.391 e. The second kappa shape index (κ2) is 6.23. The van der Waals surface area contributed by atoms with Crippen LogP contribution in [-0.2, 0) is 13.9 Å². The van der Waals surface area contributed by atoms with E-state index in [1.807, 2.05) is 0 Å². The normalized spacial score (nSPS) is 16.2. The highest BCUT2D eigenvalue weighted by Crippen LogP contribution is 2.40. The Hall–Kier alpha value is -0.310. The van der Waals surface area contributed by atoms with Crippen molar-refractivity contribution in [3.8, 4) is 0 Å². The third-order valence-corrected chi connectivity index (χ3v) is 3.25. The molecule has 0 aromatic heterocycles. The number of hydrogen-bond acceptors (Lipinski definition) is 5. The van der Waals surface area contributed by atoms with Crippen LogP contribution in [0.2, 0.25) is 0 Å². The van der Waals surface area contributed by atoms with Crippen LogP contribution in [-0.4, -0.2) is 60.2 Å². The van der Waals surface area contributed by atoms with Crippen LogP contribution in [0.3, 0.4) is 0 Å². The lowest BCUT2D eigenvalue weighted by Crippen LogP contribution is -2.49. The third-order valence-electron chi connectivity index (χ3n) is 1.83. The van der Waals surface area contributed by atoms with Crippen LogP contribution < -0.4 is 5.73 Å². The van der Waals surface area contributed by atoms with Crippen LogP contribution in [0.15, 0.2) is 0 Å². The summed E-state index contributed by atoms with van der Waals surface area (Å²) in [6.45, 7) is 1.16. The number of aliphatic hydroxyl groups is 1. The molecule has 0 unspecified atom stereocenters. The Balaban J connectivity index is 5.04. The van der Waals surface area contributed by atoms with Gasteiger partial charge in [0.1, 0.15) is 18.6 Å². The summed E-state index contributed by atoms with van der Waals surface area (Å²) in [5.74, 6) is -1.16. The minimum Gasteiger partial charge on any atom is -0.391 e. The molecular formula is C6H16N2O8P2. The molecule has 10 nitrogen and oxygen atoms in total. The monoisotopic (exact) mass is 306 g/mol. The average molecular weight is 306 g/mol. The number of carbonyl (C=O) groups excluding carboxylic acids is 1. The SMILES string of the molecule is C[C@@H](O)[C@H](N)C(=O)N(CP(=O)(O)O)CP(=O)(O)O. The first-order chi connectivity index (χ1) is 7.83. The van der Waals surface area contributed by atoms with E-state index in [4.69, 9.17) is 30.4 Å². The van der Waals surface area contributed by atoms with Crippen LogP contribution in [0.25, 0.3) is 0 Å². The van der Waals surface area contributed by atoms with Gasteiger partial charge in [-0.3, -0.25) is 13.9 Å². The zero-order chi connectivity index (χ0) is 14.7. The molecule has 0 fully saturated rings. The van der Waals surface area contributed by atoms with E-state index >= 15 is 0 Å². The minimum absolute atomic E-state index is 0.249. The van der Waals surface area contributed by atoms with Gasteiger partial charge in [0.25, 0.3) is 0 Å². The first-order valence-corrected chi connectivity index (χ1v) is 8.24. The van der Waals surface area contributed by atoms with Crippen molar-refractivity contribution in [1.29, 1.82) is 0 Å². The molecule has 12 heteroatoms. The highest BCUT2D eigenvalue weighted by molar-refractivity contribution is 7.52. The molecule has 0 saturated heterocycles. The van der Waals surface area contributed by atoms with Gasteiger partial charge in [0.2, 0.25) is 5.91 Å². The summed E-state index contributed by atoms with van der Waals surface area (Å²) >= 11 is 0. The fourth-order valence-corrected chi connectivity index (χ4v) is 2.57. The van der Waals surface area contributed by atoms with Crippen molar-refractivity contribution in [2.24, 2.45) is 5.73 Å². The van der Waals surface area contributed by atoms with Gasteiger partial charge in [0.05, 0.1) is 6.10 Å². The van der Waals surface area contributed by atoms with Gasteiger partial charge in [-0.2, -0.15) is 0 Å². The molecule has 0 rings (SSSR count). The second-order valence-electron chi connectivity index (χ2n) is 3.76. The summed E-state index contributed by atoms with van der Waals surface area (Å²) in [6.07, 6.45) is -3.69. The topological polar surface area (TPSA) is 182 Å². The number of nitrogens with two attached hydrogens (primary N) is 1. The Kier molecular flexibility index (Phi) is 6.12. The minimum atomic E-state index is -4.71. The summed E-state index contributed by atoms with van der Waals surface area (Å²) in [6, 6.07) is -1.52. The van der Waals surface area contributed by atoms with Crippen molar-refractivity contribution in [1.82, 2.24) is 4.90 Å². The second-order valence-corrected chi connectivity index (χ2v) is 6.98. The van der Waals surface area contributed by atoms with Gasteiger partial charge in [0, 0.05) is 0 Å². The predicted octanol–water partition coefficient (Wildman–Crippen LogP) is -2.21. The van der Waals surface area contributed by atoms with E-state index in [9.17, 15) is 13.9 Å². The molecule has 7 N–H and O–H groups in total. The van der Waals surface area contributed by atoms with Gasteiger partial charge in [0.15, 0.2) is 0 Å². The van der Waals surface area contributed by atoms with Crippen molar-refractivity contribution in [2.45, 2.75) is 19.1 Å². The lowest BCUT2D eigenvalue weighted by Gasteiger charge is -2.26. The number of aliphatic hydroxyl groups excluding tert-OH is 1. The number of hydrogen-bond donors (Lipinski definition) is 6. The van der Waals surface area contributed by atoms with Crippen molar-refractivity contribution in [3.63, 3.8) is 0 Å². The van der Waals surface area contributed by atoms with Crippen molar-refractivity contribution in [3.05, 3.63) is 0 Å². The van der Waals surface area contributed by atoms with Crippen LogP contribution in [0, 0.1) is 0 Å². The molecule has 18 heavy (non-hydrogen) atoms. The van der Waals surface area contributed by atoms with Gasteiger partial charge in [-0.05, 0) is 6.92 Å². The quantitative estimate of drug-likeness (QED) is 0.296. The van der Waals surface area contributed by atoms with Gasteiger partial charge >= 0.3 is 15.2 Å². The van der Waals surface area contributed by atoms with Crippen LogP contribution in [0.1, 0.15) is 6.92 Å². The molecule has 2 atom stereocenters.